The Morgan fingerprint density at radius 3 is 2.62 bits per heavy atom. The summed E-state index contributed by atoms with van der Waals surface area (Å²) in [5.74, 6) is 3.65. The summed E-state index contributed by atoms with van der Waals surface area (Å²) in [6, 6.07) is 0.721. The molecule has 0 aromatic rings. The van der Waals surface area contributed by atoms with Crippen molar-refractivity contribution in [1.29, 1.82) is 0 Å². The zero-order chi connectivity index (χ0) is 11.8. The maximum atomic E-state index is 5.27. The molecule has 2 rings (SSSR count). The second kappa shape index (κ2) is 4.08. The predicted molar refractivity (Wildman–Crippen MR) is 69.1 cm³/mol. The van der Waals surface area contributed by atoms with E-state index >= 15 is 0 Å². The molecule has 2 bridgehead atoms. The molecule has 3 atom stereocenters. The van der Waals surface area contributed by atoms with Gasteiger partial charge in [0.05, 0.1) is 0 Å². The Morgan fingerprint density at radius 1 is 1.38 bits per heavy atom. The van der Waals surface area contributed by atoms with E-state index in [0.717, 1.165) is 31.3 Å². The Hall–Kier alpha value is -0.480. The van der Waals surface area contributed by atoms with Gasteiger partial charge in [0.1, 0.15) is 0 Å². The number of hydrogen-bond acceptors (Lipinski definition) is 1. The van der Waals surface area contributed by atoms with E-state index < -0.39 is 0 Å². The number of fused-ring (bicyclic) bond motifs is 2. The maximum absolute atomic E-state index is 5.27. The summed E-state index contributed by atoms with van der Waals surface area (Å²) >= 11 is 0. The lowest BCUT2D eigenvalue weighted by molar-refractivity contribution is 0.121. The van der Waals surface area contributed by atoms with Gasteiger partial charge in [-0.1, -0.05) is 20.8 Å². The predicted octanol–water partition coefficient (Wildman–Crippen LogP) is 3.20. The standard InChI is InChI=1S/C15H25N/c1-5-6-7-10-16-13-11-12-8-9-15(13,4)14(12,2)3/h1,12-13,16H,6-11H2,2-4H3. The van der Waals surface area contributed by atoms with Gasteiger partial charge in [-0.25, -0.2) is 0 Å². The Balaban J connectivity index is 1.92. The molecule has 1 nitrogen and oxygen atoms in total. The lowest BCUT2D eigenvalue weighted by Crippen LogP contribution is -2.44. The van der Waals surface area contributed by atoms with E-state index in [-0.39, 0.29) is 0 Å². The van der Waals surface area contributed by atoms with Crippen LogP contribution in [0.3, 0.4) is 0 Å². The Morgan fingerprint density at radius 2 is 2.12 bits per heavy atom. The summed E-state index contributed by atoms with van der Waals surface area (Å²) in [4.78, 5) is 0. The SMILES string of the molecule is C#CCCCNC1CC2CCC1(C)C2(C)C. The van der Waals surface area contributed by atoms with Crippen molar-refractivity contribution >= 4 is 0 Å². The van der Waals surface area contributed by atoms with Crippen molar-refractivity contribution in [2.45, 2.75) is 58.9 Å². The van der Waals surface area contributed by atoms with Gasteiger partial charge in [-0.2, -0.15) is 0 Å². The molecule has 0 radical (unpaired) electrons. The molecule has 0 heterocycles. The summed E-state index contributed by atoms with van der Waals surface area (Å²) in [5, 5.41) is 3.75. The first-order valence-electron chi connectivity index (χ1n) is 6.69. The number of terminal acetylenes is 1. The van der Waals surface area contributed by atoms with Crippen molar-refractivity contribution in [1.82, 2.24) is 5.32 Å². The van der Waals surface area contributed by atoms with Crippen LogP contribution in [0.2, 0.25) is 0 Å². The van der Waals surface area contributed by atoms with Gasteiger partial charge in [0.15, 0.2) is 0 Å². The van der Waals surface area contributed by atoms with Crippen molar-refractivity contribution < 1.29 is 0 Å². The third-order valence-corrected chi connectivity index (χ3v) is 5.68. The number of hydrogen-bond donors (Lipinski definition) is 1. The van der Waals surface area contributed by atoms with Crippen LogP contribution in [0.25, 0.3) is 0 Å². The Kier molecular flexibility index (Phi) is 3.05. The van der Waals surface area contributed by atoms with Gasteiger partial charge in [-0.05, 0) is 49.0 Å². The van der Waals surface area contributed by atoms with Gasteiger partial charge in [0.2, 0.25) is 0 Å². The zero-order valence-corrected chi connectivity index (χ0v) is 11.0. The third-order valence-electron chi connectivity index (χ3n) is 5.68. The smallest absolute Gasteiger partial charge is 0.0129 e. The van der Waals surface area contributed by atoms with Gasteiger partial charge >= 0.3 is 0 Å². The highest BCUT2D eigenvalue weighted by Crippen LogP contribution is 2.65. The second-order valence-electron chi connectivity index (χ2n) is 6.42. The molecular formula is C15H25N. The monoisotopic (exact) mass is 219 g/mol. The fraction of sp³-hybridized carbons (Fsp3) is 0.867. The van der Waals surface area contributed by atoms with Crippen LogP contribution >= 0.6 is 0 Å². The Bertz CT molecular complexity index is 299. The third kappa shape index (κ3) is 1.59. The van der Waals surface area contributed by atoms with Gasteiger partial charge in [-0.3, -0.25) is 0 Å². The summed E-state index contributed by atoms with van der Waals surface area (Å²) in [6.07, 6.45) is 11.5. The summed E-state index contributed by atoms with van der Waals surface area (Å²) < 4.78 is 0. The molecule has 1 heteroatoms. The fourth-order valence-electron chi connectivity index (χ4n) is 3.98. The summed E-state index contributed by atoms with van der Waals surface area (Å²) in [6.45, 7) is 8.51. The number of unbranched alkanes of at least 4 members (excludes halogenated alkanes) is 1. The molecular weight excluding hydrogens is 194 g/mol. The van der Waals surface area contributed by atoms with Crippen LogP contribution in [0.15, 0.2) is 0 Å². The van der Waals surface area contributed by atoms with Crippen LogP contribution in [0, 0.1) is 29.1 Å². The highest BCUT2D eigenvalue weighted by atomic mass is 15.0. The molecule has 0 aromatic heterocycles. The highest BCUT2D eigenvalue weighted by molar-refractivity contribution is 5.12. The largest absolute Gasteiger partial charge is 0.313 e. The first kappa shape index (κ1) is 12.0. The van der Waals surface area contributed by atoms with Gasteiger partial charge in [0.25, 0.3) is 0 Å². The average Bonchev–Trinajstić information content (AvgIpc) is 2.57. The lowest BCUT2D eigenvalue weighted by Gasteiger charge is -2.39. The molecule has 2 aliphatic rings. The molecule has 0 aliphatic heterocycles. The topological polar surface area (TPSA) is 12.0 Å². The van der Waals surface area contributed by atoms with Crippen LogP contribution in [-0.2, 0) is 0 Å². The second-order valence-corrected chi connectivity index (χ2v) is 6.42. The van der Waals surface area contributed by atoms with Crippen LogP contribution < -0.4 is 5.32 Å². The highest BCUT2D eigenvalue weighted by Gasteiger charge is 2.60. The quantitative estimate of drug-likeness (QED) is 0.565. The van der Waals surface area contributed by atoms with Crippen molar-refractivity contribution in [3.05, 3.63) is 0 Å². The Labute approximate surface area is 100 Å². The fourth-order valence-corrected chi connectivity index (χ4v) is 3.98. The van der Waals surface area contributed by atoms with Crippen LogP contribution in [0.4, 0.5) is 0 Å². The van der Waals surface area contributed by atoms with Crippen molar-refractivity contribution in [3.63, 3.8) is 0 Å². The molecule has 2 aliphatic carbocycles. The first-order valence-corrected chi connectivity index (χ1v) is 6.69. The number of nitrogens with one attached hydrogen (secondary N) is 1. The van der Waals surface area contributed by atoms with E-state index in [1.54, 1.807) is 0 Å². The summed E-state index contributed by atoms with van der Waals surface area (Å²) in [7, 11) is 0. The molecule has 0 amide bonds. The lowest BCUT2D eigenvalue weighted by atomic mass is 9.69. The minimum absolute atomic E-state index is 0.508. The molecule has 90 valence electrons. The number of rotatable bonds is 4. The van der Waals surface area contributed by atoms with Crippen molar-refractivity contribution in [2.24, 2.45) is 16.7 Å². The normalized spacial score (nSPS) is 39.9. The van der Waals surface area contributed by atoms with Crippen molar-refractivity contribution in [2.75, 3.05) is 6.54 Å². The maximum Gasteiger partial charge on any atom is 0.0129 e. The minimum atomic E-state index is 0.508. The zero-order valence-electron chi connectivity index (χ0n) is 11.0. The van der Waals surface area contributed by atoms with Crippen molar-refractivity contribution in [3.8, 4) is 12.3 Å². The van der Waals surface area contributed by atoms with E-state index in [0.29, 0.717) is 10.8 Å². The molecule has 2 fully saturated rings. The van der Waals surface area contributed by atoms with E-state index in [2.05, 4.69) is 32.0 Å². The van der Waals surface area contributed by atoms with Gasteiger partial charge in [0, 0.05) is 12.5 Å². The molecule has 0 aromatic carbocycles. The molecule has 1 N–H and O–H groups in total. The molecule has 2 saturated carbocycles. The molecule has 0 saturated heterocycles. The van der Waals surface area contributed by atoms with E-state index in [1.165, 1.54) is 19.3 Å². The molecule has 16 heavy (non-hydrogen) atoms. The van der Waals surface area contributed by atoms with E-state index in [1.807, 2.05) is 0 Å². The van der Waals surface area contributed by atoms with E-state index in [4.69, 9.17) is 6.42 Å². The van der Waals surface area contributed by atoms with E-state index in [9.17, 15) is 0 Å². The molecule has 3 unspecified atom stereocenters. The minimum Gasteiger partial charge on any atom is -0.313 e. The van der Waals surface area contributed by atoms with Crippen LogP contribution in [0.5, 0.6) is 0 Å². The van der Waals surface area contributed by atoms with Gasteiger partial charge in [-0.15, -0.1) is 12.3 Å². The van der Waals surface area contributed by atoms with Gasteiger partial charge < -0.3 is 5.32 Å². The van der Waals surface area contributed by atoms with Crippen LogP contribution in [0.1, 0.15) is 52.9 Å². The average molecular weight is 219 g/mol. The molecule has 0 spiro atoms. The first-order chi connectivity index (χ1) is 7.52. The van der Waals surface area contributed by atoms with Crippen LogP contribution in [-0.4, -0.2) is 12.6 Å². The summed E-state index contributed by atoms with van der Waals surface area (Å²) in [5.41, 5.74) is 1.03.